The minimum absolute atomic E-state index is 0.0303. The molecule has 2 aromatic carbocycles. The number of hydrogen-bond acceptors (Lipinski definition) is 2. The molecule has 0 aromatic heterocycles. The molecule has 0 spiro atoms. The fraction of sp³-hybridized carbons (Fsp3) is 0.235. The number of fused-ring (bicyclic) bond motifs is 1. The summed E-state index contributed by atoms with van der Waals surface area (Å²) in [6, 6.07) is 18.2. The molecular weight excluding hydrogens is 248 g/mol. The summed E-state index contributed by atoms with van der Waals surface area (Å²) in [4.78, 5) is 2.02. The number of benzene rings is 2. The Bertz CT molecular complexity index is 609. The lowest BCUT2D eigenvalue weighted by Crippen LogP contribution is -2.32. The Kier molecular flexibility index (Phi) is 3.52. The molecular formula is C17H18N2O. The van der Waals surface area contributed by atoms with Gasteiger partial charge in [0.25, 0.3) is 0 Å². The van der Waals surface area contributed by atoms with E-state index >= 15 is 0 Å². The van der Waals surface area contributed by atoms with Crippen LogP contribution in [-0.2, 0) is 6.42 Å². The number of amidine groups is 1. The average molecular weight is 266 g/mol. The van der Waals surface area contributed by atoms with Crippen LogP contribution in [0.2, 0.25) is 0 Å². The molecule has 0 fully saturated rings. The van der Waals surface area contributed by atoms with Gasteiger partial charge in [-0.05, 0) is 17.2 Å². The molecule has 20 heavy (non-hydrogen) atoms. The molecule has 1 aliphatic heterocycles. The van der Waals surface area contributed by atoms with E-state index in [0.717, 1.165) is 11.3 Å². The maximum atomic E-state index is 9.68. The Morgan fingerprint density at radius 3 is 2.50 bits per heavy atom. The van der Waals surface area contributed by atoms with Gasteiger partial charge in [-0.3, -0.25) is 5.41 Å². The van der Waals surface area contributed by atoms with Crippen molar-refractivity contribution in [1.82, 2.24) is 0 Å². The molecule has 1 heterocycles. The van der Waals surface area contributed by atoms with E-state index in [-0.39, 0.29) is 12.5 Å². The Morgan fingerprint density at radius 1 is 1.05 bits per heavy atom. The fourth-order valence-corrected chi connectivity index (χ4v) is 2.77. The summed E-state index contributed by atoms with van der Waals surface area (Å²) in [7, 11) is 0. The van der Waals surface area contributed by atoms with E-state index in [4.69, 9.17) is 5.41 Å². The summed E-state index contributed by atoms with van der Waals surface area (Å²) in [5, 5.41) is 17.8. The highest BCUT2D eigenvalue weighted by molar-refractivity contribution is 6.03. The Balaban J connectivity index is 1.85. The van der Waals surface area contributed by atoms with Crippen molar-refractivity contribution in [3.8, 4) is 0 Å². The molecule has 2 aromatic rings. The van der Waals surface area contributed by atoms with Crippen molar-refractivity contribution >= 4 is 11.5 Å². The summed E-state index contributed by atoms with van der Waals surface area (Å²) >= 11 is 0. The van der Waals surface area contributed by atoms with Crippen molar-refractivity contribution in [3.63, 3.8) is 0 Å². The Hall–Kier alpha value is -2.13. The molecule has 0 aliphatic carbocycles. The second-order valence-corrected chi connectivity index (χ2v) is 5.15. The second kappa shape index (κ2) is 5.47. The standard InChI is InChI=1S/C17H18N2O/c18-17-10-14-8-4-5-9-16(14)19(17)11-15(12-20)13-6-2-1-3-7-13/h1-9,15,18,20H,10-12H2. The molecule has 1 aliphatic rings. The van der Waals surface area contributed by atoms with Gasteiger partial charge >= 0.3 is 0 Å². The van der Waals surface area contributed by atoms with E-state index in [0.29, 0.717) is 18.8 Å². The van der Waals surface area contributed by atoms with E-state index in [1.807, 2.05) is 47.4 Å². The van der Waals surface area contributed by atoms with E-state index in [1.54, 1.807) is 0 Å². The molecule has 0 saturated heterocycles. The normalized spacial score (nSPS) is 15.2. The van der Waals surface area contributed by atoms with Gasteiger partial charge in [0.15, 0.2) is 0 Å². The van der Waals surface area contributed by atoms with Gasteiger partial charge in [-0.2, -0.15) is 0 Å². The zero-order valence-corrected chi connectivity index (χ0v) is 11.3. The SMILES string of the molecule is N=C1Cc2ccccc2N1CC(CO)c1ccccc1. The van der Waals surface area contributed by atoms with Crippen LogP contribution in [0.4, 0.5) is 5.69 Å². The fourth-order valence-electron chi connectivity index (χ4n) is 2.77. The van der Waals surface area contributed by atoms with Crippen LogP contribution in [0.25, 0.3) is 0 Å². The third kappa shape index (κ3) is 2.32. The minimum atomic E-state index is 0.0303. The van der Waals surface area contributed by atoms with Crippen molar-refractivity contribution in [2.24, 2.45) is 0 Å². The van der Waals surface area contributed by atoms with Gasteiger partial charge in [-0.25, -0.2) is 0 Å². The predicted molar refractivity (Wildman–Crippen MR) is 81.5 cm³/mol. The van der Waals surface area contributed by atoms with Crippen molar-refractivity contribution in [1.29, 1.82) is 5.41 Å². The number of rotatable bonds is 4. The lowest BCUT2D eigenvalue weighted by Gasteiger charge is -2.25. The summed E-state index contributed by atoms with van der Waals surface area (Å²) in [6.07, 6.45) is 0.684. The third-order valence-electron chi connectivity index (χ3n) is 3.86. The van der Waals surface area contributed by atoms with Crippen LogP contribution in [-0.4, -0.2) is 24.1 Å². The molecule has 0 amide bonds. The largest absolute Gasteiger partial charge is 0.396 e. The smallest absolute Gasteiger partial charge is 0.105 e. The highest BCUT2D eigenvalue weighted by Gasteiger charge is 2.26. The Morgan fingerprint density at radius 2 is 1.75 bits per heavy atom. The molecule has 2 N–H and O–H groups in total. The van der Waals surface area contributed by atoms with E-state index in [1.165, 1.54) is 5.56 Å². The van der Waals surface area contributed by atoms with Crippen LogP contribution in [0.5, 0.6) is 0 Å². The van der Waals surface area contributed by atoms with E-state index in [9.17, 15) is 5.11 Å². The van der Waals surface area contributed by atoms with Crippen molar-refractivity contribution < 1.29 is 5.11 Å². The van der Waals surface area contributed by atoms with Crippen LogP contribution in [0, 0.1) is 5.41 Å². The molecule has 1 unspecified atom stereocenters. The van der Waals surface area contributed by atoms with Gasteiger partial charge in [0, 0.05) is 24.6 Å². The molecule has 0 radical (unpaired) electrons. The number of anilines is 1. The summed E-state index contributed by atoms with van der Waals surface area (Å²) in [5.74, 6) is 0.642. The van der Waals surface area contributed by atoms with Crippen LogP contribution in [0.1, 0.15) is 17.0 Å². The van der Waals surface area contributed by atoms with Crippen molar-refractivity contribution in [3.05, 3.63) is 65.7 Å². The highest BCUT2D eigenvalue weighted by Crippen LogP contribution is 2.30. The van der Waals surface area contributed by atoms with E-state index in [2.05, 4.69) is 12.1 Å². The Labute approximate surface area is 119 Å². The summed E-state index contributed by atoms with van der Waals surface area (Å²) in [5.41, 5.74) is 3.42. The van der Waals surface area contributed by atoms with Crippen LogP contribution >= 0.6 is 0 Å². The minimum Gasteiger partial charge on any atom is -0.396 e. The quantitative estimate of drug-likeness (QED) is 0.894. The number of aliphatic hydroxyl groups is 1. The second-order valence-electron chi connectivity index (χ2n) is 5.15. The van der Waals surface area contributed by atoms with Crippen molar-refractivity contribution in [2.75, 3.05) is 18.1 Å². The number of para-hydroxylation sites is 1. The van der Waals surface area contributed by atoms with Gasteiger partial charge < -0.3 is 10.0 Å². The van der Waals surface area contributed by atoms with Gasteiger partial charge in [0.1, 0.15) is 5.84 Å². The maximum Gasteiger partial charge on any atom is 0.105 e. The lowest BCUT2D eigenvalue weighted by molar-refractivity contribution is 0.268. The maximum absolute atomic E-state index is 9.68. The number of hydrogen-bond donors (Lipinski definition) is 2. The molecule has 0 saturated carbocycles. The monoisotopic (exact) mass is 266 g/mol. The molecule has 0 bridgehead atoms. The predicted octanol–water partition coefficient (Wildman–Crippen LogP) is 2.80. The van der Waals surface area contributed by atoms with E-state index < -0.39 is 0 Å². The first-order chi connectivity index (χ1) is 9.79. The zero-order chi connectivity index (χ0) is 13.9. The first-order valence-electron chi connectivity index (χ1n) is 6.88. The molecule has 1 atom stereocenters. The first kappa shape index (κ1) is 12.9. The summed E-state index contributed by atoms with van der Waals surface area (Å²) < 4.78 is 0. The van der Waals surface area contributed by atoms with Crippen LogP contribution in [0.15, 0.2) is 54.6 Å². The van der Waals surface area contributed by atoms with Crippen molar-refractivity contribution in [2.45, 2.75) is 12.3 Å². The zero-order valence-electron chi connectivity index (χ0n) is 11.3. The average Bonchev–Trinajstić information content (AvgIpc) is 2.81. The molecule has 3 heteroatoms. The number of nitrogens with zero attached hydrogens (tertiary/aromatic N) is 1. The number of nitrogens with one attached hydrogen (secondary N) is 1. The highest BCUT2D eigenvalue weighted by atomic mass is 16.3. The lowest BCUT2D eigenvalue weighted by atomic mass is 9.99. The van der Waals surface area contributed by atoms with Gasteiger partial charge in [-0.15, -0.1) is 0 Å². The van der Waals surface area contributed by atoms with Gasteiger partial charge in [0.2, 0.25) is 0 Å². The topological polar surface area (TPSA) is 47.3 Å². The third-order valence-corrected chi connectivity index (χ3v) is 3.86. The molecule has 102 valence electrons. The van der Waals surface area contributed by atoms with Gasteiger partial charge in [-0.1, -0.05) is 48.5 Å². The van der Waals surface area contributed by atoms with Gasteiger partial charge in [0.05, 0.1) is 6.61 Å². The summed E-state index contributed by atoms with van der Waals surface area (Å²) in [6.45, 7) is 0.742. The first-order valence-corrected chi connectivity index (χ1v) is 6.88. The number of aliphatic hydroxyl groups excluding tert-OH is 1. The molecule has 3 nitrogen and oxygen atoms in total. The van der Waals surface area contributed by atoms with Crippen LogP contribution < -0.4 is 4.90 Å². The molecule has 3 rings (SSSR count). The van der Waals surface area contributed by atoms with Crippen LogP contribution in [0.3, 0.4) is 0 Å².